The summed E-state index contributed by atoms with van der Waals surface area (Å²) in [6.07, 6.45) is 7.25. The quantitative estimate of drug-likeness (QED) is 0.735. The Morgan fingerprint density at radius 2 is 2.21 bits per heavy atom. The van der Waals surface area contributed by atoms with Crippen molar-refractivity contribution in [2.24, 2.45) is 5.92 Å². The van der Waals surface area contributed by atoms with E-state index in [-0.39, 0.29) is 0 Å². The Bertz CT molecular complexity index is 149. The topological polar surface area (TPSA) is 21.3 Å². The Kier molecular flexibility index (Phi) is 5.49. The van der Waals surface area contributed by atoms with Crippen LogP contribution in [0.1, 0.15) is 46.0 Å². The summed E-state index contributed by atoms with van der Waals surface area (Å²) in [7, 11) is 1.78. The van der Waals surface area contributed by atoms with E-state index in [1.807, 2.05) is 0 Å². The fraction of sp³-hybridized carbons (Fsp3) is 1.00. The van der Waals surface area contributed by atoms with E-state index in [1.54, 1.807) is 7.11 Å². The van der Waals surface area contributed by atoms with E-state index in [2.05, 4.69) is 19.2 Å². The van der Waals surface area contributed by atoms with E-state index in [0.717, 1.165) is 18.5 Å². The van der Waals surface area contributed by atoms with Crippen molar-refractivity contribution in [3.05, 3.63) is 0 Å². The summed E-state index contributed by atoms with van der Waals surface area (Å²) >= 11 is 0. The van der Waals surface area contributed by atoms with Crippen LogP contribution in [0.2, 0.25) is 0 Å². The van der Waals surface area contributed by atoms with Crippen molar-refractivity contribution in [3.63, 3.8) is 0 Å². The Hall–Kier alpha value is -0.0800. The van der Waals surface area contributed by atoms with Gasteiger partial charge in [0.05, 0.1) is 6.10 Å². The second-order valence-electron chi connectivity index (χ2n) is 4.59. The van der Waals surface area contributed by atoms with E-state index < -0.39 is 0 Å². The Morgan fingerprint density at radius 1 is 1.43 bits per heavy atom. The van der Waals surface area contributed by atoms with Crippen LogP contribution in [0, 0.1) is 5.92 Å². The maximum absolute atomic E-state index is 5.23. The van der Waals surface area contributed by atoms with E-state index in [9.17, 15) is 0 Å². The first-order valence-corrected chi connectivity index (χ1v) is 6.02. The molecule has 2 heteroatoms. The first-order chi connectivity index (χ1) is 6.76. The molecule has 0 spiro atoms. The minimum Gasteiger partial charge on any atom is -0.380 e. The summed E-state index contributed by atoms with van der Waals surface area (Å²) in [6, 6.07) is 0.742. The molecule has 14 heavy (non-hydrogen) atoms. The maximum atomic E-state index is 5.23. The van der Waals surface area contributed by atoms with Crippen LogP contribution in [-0.2, 0) is 4.74 Å². The van der Waals surface area contributed by atoms with E-state index in [4.69, 9.17) is 4.74 Å². The van der Waals surface area contributed by atoms with Gasteiger partial charge in [0.15, 0.2) is 0 Å². The van der Waals surface area contributed by atoms with Crippen LogP contribution in [0.15, 0.2) is 0 Å². The highest BCUT2D eigenvalue weighted by Crippen LogP contribution is 2.26. The van der Waals surface area contributed by atoms with Crippen LogP contribution < -0.4 is 5.32 Å². The van der Waals surface area contributed by atoms with Gasteiger partial charge in [-0.25, -0.2) is 0 Å². The third kappa shape index (κ3) is 3.97. The standard InChI is InChI=1S/C12H25NO/c1-4-11-6-5-7-12(8-11)13-9-10(2)14-3/h10-13H,4-9H2,1-3H3. The van der Waals surface area contributed by atoms with Gasteiger partial charge in [0.1, 0.15) is 0 Å². The van der Waals surface area contributed by atoms with Gasteiger partial charge in [0.2, 0.25) is 0 Å². The molecule has 0 aromatic rings. The number of nitrogens with one attached hydrogen (secondary N) is 1. The molecular formula is C12H25NO. The zero-order valence-corrected chi connectivity index (χ0v) is 9.88. The Morgan fingerprint density at radius 3 is 2.86 bits per heavy atom. The van der Waals surface area contributed by atoms with Crippen LogP contribution >= 0.6 is 0 Å². The highest BCUT2D eigenvalue weighted by Gasteiger charge is 2.20. The average molecular weight is 199 g/mol. The van der Waals surface area contributed by atoms with Gasteiger partial charge < -0.3 is 10.1 Å². The number of hydrogen-bond acceptors (Lipinski definition) is 2. The number of ether oxygens (including phenoxy) is 1. The molecule has 1 saturated carbocycles. The second kappa shape index (κ2) is 6.41. The molecule has 1 aliphatic rings. The highest BCUT2D eigenvalue weighted by atomic mass is 16.5. The van der Waals surface area contributed by atoms with Crippen LogP contribution in [0.25, 0.3) is 0 Å². The van der Waals surface area contributed by atoms with Crippen molar-refractivity contribution >= 4 is 0 Å². The maximum Gasteiger partial charge on any atom is 0.0667 e. The van der Waals surface area contributed by atoms with Gasteiger partial charge in [-0.2, -0.15) is 0 Å². The zero-order valence-electron chi connectivity index (χ0n) is 9.88. The summed E-state index contributed by atoms with van der Waals surface area (Å²) < 4.78 is 5.23. The predicted octanol–water partition coefficient (Wildman–Crippen LogP) is 2.58. The summed E-state index contributed by atoms with van der Waals surface area (Å²) in [4.78, 5) is 0. The van der Waals surface area contributed by atoms with Crippen molar-refractivity contribution in [1.29, 1.82) is 0 Å². The number of hydrogen-bond donors (Lipinski definition) is 1. The predicted molar refractivity (Wildman–Crippen MR) is 60.5 cm³/mol. The molecule has 0 bridgehead atoms. The fourth-order valence-electron chi connectivity index (χ4n) is 2.26. The van der Waals surface area contributed by atoms with Gasteiger partial charge >= 0.3 is 0 Å². The molecule has 0 saturated heterocycles. The van der Waals surface area contributed by atoms with Crippen molar-refractivity contribution in [2.45, 2.75) is 58.1 Å². The van der Waals surface area contributed by atoms with Gasteiger partial charge in [0, 0.05) is 19.7 Å². The number of methoxy groups -OCH3 is 1. The van der Waals surface area contributed by atoms with Crippen LogP contribution in [0.3, 0.4) is 0 Å². The molecule has 2 nitrogen and oxygen atoms in total. The molecule has 0 heterocycles. The lowest BCUT2D eigenvalue weighted by atomic mass is 9.84. The minimum atomic E-state index is 0.344. The molecule has 3 unspecified atom stereocenters. The first-order valence-electron chi connectivity index (χ1n) is 6.02. The lowest BCUT2D eigenvalue weighted by Crippen LogP contribution is -2.38. The lowest BCUT2D eigenvalue weighted by molar-refractivity contribution is 0.110. The second-order valence-corrected chi connectivity index (χ2v) is 4.59. The molecule has 1 aliphatic carbocycles. The van der Waals surface area contributed by atoms with Crippen LogP contribution in [0.4, 0.5) is 0 Å². The fourth-order valence-corrected chi connectivity index (χ4v) is 2.26. The molecule has 1 N–H and O–H groups in total. The molecule has 0 aromatic carbocycles. The molecule has 3 atom stereocenters. The SMILES string of the molecule is CCC1CCCC(NCC(C)OC)C1. The summed E-state index contributed by atoms with van der Waals surface area (Å²) in [5, 5.41) is 3.61. The molecule has 1 rings (SSSR count). The molecular weight excluding hydrogens is 174 g/mol. The van der Waals surface area contributed by atoms with Crippen molar-refractivity contribution in [2.75, 3.05) is 13.7 Å². The first kappa shape index (κ1) is 12.0. The summed E-state index contributed by atoms with van der Waals surface area (Å²) in [5.41, 5.74) is 0. The van der Waals surface area contributed by atoms with Gasteiger partial charge in [-0.1, -0.05) is 26.2 Å². The summed E-state index contributed by atoms with van der Waals surface area (Å²) in [5.74, 6) is 0.958. The van der Waals surface area contributed by atoms with Crippen LogP contribution in [-0.4, -0.2) is 25.8 Å². The molecule has 0 radical (unpaired) electrons. The van der Waals surface area contributed by atoms with Crippen molar-refractivity contribution in [3.8, 4) is 0 Å². The minimum absolute atomic E-state index is 0.344. The normalized spacial score (nSPS) is 30.2. The number of rotatable bonds is 5. The lowest BCUT2D eigenvalue weighted by Gasteiger charge is -2.29. The van der Waals surface area contributed by atoms with Gasteiger partial charge in [0.25, 0.3) is 0 Å². The molecule has 0 aromatic heterocycles. The van der Waals surface area contributed by atoms with Crippen LogP contribution in [0.5, 0.6) is 0 Å². The average Bonchev–Trinajstić information content (AvgIpc) is 2.26. The zero-order chi connectivity index (χ0) is 10.4. The van der Waals surface area contributed by atoms with E-state index in [1.165, 1.54) is 32.1 Å². The molecule has 84 valence electrons. The van der Waals surface area contributed by atoms with Crippen molar-refractivity contribution in [1.82, 2.24) is 5.32 Å². The molecule has 1 fully saturated rings. The highest BCUT2D eigenvalue weighted by molar-refractivity contribution is 4.77. The van der Waals surface area contributed by atoms with Gasteiger partial charge in [-0.3, -0.25) is 0 Å². The van der Waals surface area contributed by atoms with Gasteiger partial charge in [-0.15, -0.1) is 0 Å². The van der Waals surface area contributed by atoms with Gasteiger partial charge in [-0.05, 0) is 25.7 Å². The van der Waals surface area contributed by atoms with E-state index >= 15 is 0 Å². The third-order valence-electron chi connectivity index (χ3n) is 3.46. The Balaban J connectivity index is 2.17. The molecule has 0 amide bonds. The molecule has 0 aliphatic heterocycles. The Labute approximate surface area is 88.4 Å². The largest absolute Gasteiger partial charge is 0.380 e. The monoisotopic (exact) mass is 199 g/mol. The van der Waals surface area contributed by atoms with E-state index in [0.29, 0.717) is 6.10 Å². The summed E-state index contributed by atoms with van der Waals surface area (Å²) in [6.45, 7) is 5.43. The third-order valence-corrected chi connectivity index (χ3v) is 3.46. The van der Waals surface area contributed by atoms with Crippen molar-refractivity contribution < 1.29 is 4.74 Å². The smallest absolute Gasteiger partial charge is 0.0667 e.